The zero-order valence-electron chi connectivity index (χ0n) is 10.3. The fourth-order valence-corrected chi connectivity index (χ4v) is 1.67. The molecule has 94 valence electrons. The van der Waals surface area contributed by atoms with E-state index in [1.165, 1.54) is 6.07 Å². The minimum atomic E-state index is -0.296. The Morgan fingerprint density at radius 1 is 1.17 bits per heavy atom. The van der Waals surface area contributed by atoms with Crippen molar-refractivity contribution in [3.05, 3.63) is 34.9 Å². The van der Waals surface area contributed by atoms with Gasteiger partial charge >= 0.3 is 0 Å². The Labute approximate surface area is 109 Å². The average molecular weight is 267 g/mol. The van der Waals surface area contributed by atoms with Crippen LogP contribution < -0.4 is 4.90 Å². The summed E-state index contributed by atoms with van der Waals surface area (Å²) in [6.45, 7) is 1.68. The van der Waals surface area contributed by atoms with E-state index >= 15 is 0 Å². The van der Waals surface area contributed by atoms with Crippen molar-refractivity contribution in [3.8, 4) is 11.4 Å². The van der Waals surface area contributed by atoms with Crippen molar-refractivity contribution in [1.29, 1.82) is 0 Å². The smallest absolute Gasteiger partial charge is 0.229 e. The second kappa shape index (κ2) is 4.86. The summed E-state index contributed by atoms with van der Waals surface area (Å²) in [5.41, 5.74) is 1.10. The van der Waals surface area contributed by atoms with Crippen LogP contribution >= 0.6 is 11.6 Å². The predicted octanol–water partition coefficient (Wildman–Crippen LogP) is 2.71. The molecule has 0 bridgehead atoms. The molecule has 18 heavy (non-hydrogen) atoms. The quantitative estimate of drug-likeness (QED) is 0.838. The van der Waals surface area contributed by atoms with E-state index in [4.69, 9.17) is 11.6 Å². The molecule has 0 radical (unpaired) electrons. The molecule has 2 aromatic rings. The molecule has 0 unspecified atom stereocenters. The van der Waals surface area contributed by atoms with Gasteiger partial charge < -0.3 is 4.90 Å². The van der Waals surface area contributed by atoms with Crippen molar-refractivity contribution in [2.75, 3.05) is 19.0 Å². The van der Waals surface area contributed by atoms with Gasteiger partial charge in [0.15, 0.2) is 5.82 Å². The molecule has 0 saturated heterocycles. The molecule has 0 spiro atoms. The maximum atomic E-state index is 13.5. The van der Waals surface area contributed by atoms with Crippen LogP contribution in [0, 0.1) is 12.7 Å². The highest BCUT2D eigenvalue weighted by atomic mass is 35.5. The first-order valence-electron chi connectivity index (χ1n) is 5.33. The van der Waals surface area contributed by atoms with Crippen LogP contribution in [0.1, 0.15) is 5.56 Å². The van der Waals surface area contributed by atoms with Gasteiger partial charge in [-0.15, -0.1) is 0 Å². The molecular weight excluding hydrogens is 255 g/mol. The van der Waals surface area contributed by atoms with Crippen LogP contribution in [0.15, 0.2) is 18.2 Å². The van der Waals surface area contributed by atoms with Crippen LogP contribution in [0.2, 0.25) is 5.28 Å². The van der Waals surface area contributed by atoms with E-state index in [0.29, 0.717) is 22.9 Å². The molecule has 2 rings (SSSR count). The Balaban J connectivity index is 2.60. The number of anilines is 1. The molecule has 0 N–H and O–H groups in total. The van der Waals surface area contributed by atoms with Crippen LogP contribution in [-0.2, 0) is 0 Å². The number of hydrogen-bond donors (Lipinski definition) is 0. The molecule has 0 aliphatic heterocycles. The molecule has 0 fully saturated rings. The third-order valence-electron chi connectivity index (χ3n) is 2.50. The van der Waals surface area contributed by atoms with Crippen LogP contribution in [0.5, 0.6) is 0 Å². The molecule has 0 aliphatic carbocycles. The fraction of sp³-hybridized carbons (Fsp3) is 0.250. The Morgan fingerprint density at radius 2 is 1.89 bits per heavy atom. The highest BCUT2D eigenvalue weighted by Gasteiger charge is 2.12. The number of hydrogen-bond acceptors (Lipinski definition) is 4. The Hall–Kier alpha value is -1.75. The molecule has 0 atom stereocenters. The maximum absolute atomic E-state index is 13.5. The number of halogens is 2. The third-order valence-corrected chi connectivity index (χ3v) is 2.67. The van der Waals surface area contributed by atoms with Crippen molar-refractivity contribution in [1.82, 2.24) is 15.0 Å². The minimum Gasteiger partial charge on any atom is -0.347 e. The molecule has 0 aliphatic rings. The zero-order chi connectivity index (χ0) is 13.3. The summed E-state index contributed by atoms with van der Waals surface area (Å²) in [5.74, 6) is 0.514. The van der Waals surface area contributed by atoms with Gasteiger partial charge in [0.1, 0.15) is 5.82 Å². The summed E-state index contributed by atoms with van der Waals surface area (Å²) < 4.78 is 13.5. The standard InChI is InChI=1S/C12H12ClFN4/c1-7-8(5-4-6-9(7)14)10-15-11(13)17-12(16-10)18(2)3/h4-6H,1-3H3. The van der Waals surface area contributed by atoms with Crippen molar-refractivity contribution < 1.29 is 4.39 Å². The van der Waals surface area contributed by atoms with E-state index in [9.17, 15) is 4.39 Å². The summed E-state index contributed by atoms with van der Waals surface area (Å²) in [7, 11) is 3.60. The molecule has 6 heteroatoms. The van der Waals surface area contributed by atoms with Gasteiger partial charge in [0, 0.05) is 19.7 Å². The minimum absolute atomic E-state index is 0.0901. The van der Waals surface area contributed by atoms with Gasteiger partial charge in [0.05, 0.1) is 0 Å². The number of benzene rings is 1. The van der Waals surface area contributed by atoms with Crippen LogP contribution in [0.3, 0.4) is 0 Å². The Bertz CT molecular complexity index is 586. The van der Waals surface area contributed by atoms with E-state index in [0.717, 1.165) is 0 Å². The lowest BCUT2D eigenvalue weighted by Crippen LogP contribution is -2.14. The van der Waals surface area contributed by atoms with Crippen molar-refractivity contribution in [2.24, 2.45) is 0 Å². The molecule has 0 saturated carbocycles. The molecule has 1 aromatic heterocycles. The Morgan fingerprint density at radius 3 is 2.56 bits per heavy atom. The highest BCUT2D eigenvalue weighted by molar-refractivity contribution is 6.28. The maximum Gasteiger partial charge on any atom is 0.229 e. The van der Waals surface area contributed by atoms with Gasteiger partial charge in [-0.3, -0.25) is 0 Å². The fourth-order valence-electron chi connectivity index (χ4n) is 1.51. The van der Waals surface area contributed by atoms with Gasteiger partial charge in [-0.25, -0.2) is 4.39 Å². The van der Waals surface area contributed by atoms with Gasteiger partial charge in [-0.2, -0.15) is 15.0 Å². The van der Waals surface area contributed by atoms with Crippen molar-refractivity contribution in [2.45, 2.75) is 6.92 Å². The number of rotatable bonds is 2. The van der Waals surface area contributed by atoms with E-state index in [1.54, 1.807) is 38.1 Å². The highest BCUT2D eigenvalue weighted by Crippen LogP contribution is 2.23. The largest absolute Gasteiger partial charge is 0.347 e. The molecule has 4 nitrogen and oxygen atoms in total. The lowest BCUT2D eigenvalue weighted by Gasteiger charge is -2.12. The topological polar surface area (TPSA) is 41.9 Å². The monoisotopic (exact) mass is 266 g/mol. The number of aromatic nitrogens is 3. The summed E-state index contributed by atoms with van der Waals surface area (Å²) in [5, 5.41) is 0.0901. The average Bonchev–Trinajstić information content (AvgIpc) is 2.31. The Kier molecular flexibility index (Phi) is 3.43. The second-order valence-electron chi connectivity index (χ2n) is 4.03. The summed E-state index contributed by atoms with van der Waals surface area (Å²) >= 11 is 5.85. The summed E-state index contributed by atoms with van der Waals surface area (Å²) in [6.07, 6.45) is 0. The third kappa shape index (κ3) is 2.41. The van der Waals surface area contributed by atoms with E-state index in [2.05, 4.69) is 15.0 Å². The molecule has 1 heterocycles. The van der Waals surface area contributed by atoms with Gasteiger partial charge in [-0.05, 0) is 30.2 Å². The molecular formula is C12H12ClFN4. The van der Waals surface area contributed by atoms with Gasteiger partial charge in [0.25, 0.3) is 0 Å². The van der Waals surface area contributed by atoms with Crippen molar-refractivity contribution >= 4 is 17.5 Å². The van der Waals surface area contributed by atoms with Crippen LogP contribution in [-0.4, -0.2) is 29.0 Å². The van der Waals surface area contributed by atoms with Gasteiger partial charge in [-0.1, -0.05) is 12.1 Å². The van der Waals surface area contributed by atoms with Crippen LogP contribution in [0.4, 0.5) is 10.3 Å². The SMILES string of the molecule is Cc1c(F)cccc1-c1nc(Cl)nc(N(C)C)n1. The second-order valence-corrected chi connectivity index (χ2v) is 4.37. The van der Waals surface area contributed by atoms with Crippen molar-refractivity contribution in [3.63, 3.8) is 0 Å². The number of nitrogens with zero attached hydrogens (tertiary/aromatic N) is 4. The lowest BCUT2D eigenvalue weighted by atomic mass is 10.1. The normalized spacial score (nSPS) is 10.5. The first kappa shape index (κ1) is 12.7. The van der Waals surface area contributed by atoms with Gasteiger partial charge in [0.2, 0.25) is 11.2 Å². The molecule has 1 aromatic carbocycles. The summed E-state index contributed by atoms with van der Waals surface area (Å²) in [4.78, 5) is 14.0. The van der Waals surface area contributed by atoms with E-state index < -0.39 is 0 Å². The first-order valence-corrected chi connectivity index (χ1v) is 5.71. The predicted molar refractivity (Wildman–Crippen MR) is 69.3 cm³/mol. The van der Waals surface area contributed by atoms with E-state index in [-0.39, 0.29) is 11.1 Å². The summed E-state index contributed by atoms with van der Waals surface area (Å²) in [6, 6.07) is 4.77. The van der Waals surface area contributed by atoms with Crippen LogP contribution in [0.25, 0.3) is 11.4 Å². The molecule has 0 amide bonds. The van der Waals surface area contributed by atoms with E-state index in [1.807, 2.05) is 0 Å². The lowest BCUT2D eigenvalue weighted by molar-refractivity contribution is 0.619. The zero-order valence-corrected chi connectivity index (χ0v) is 11.0. The first-order chi connectivity index (χ1) is 8.49.